The van der Waals surface area contributed by atoms with Gasteiger partial charge in [0.2, 0.25) is 0 Å². The first-order chi connectivity index (χ1) is 23.3. The summed E-state index contributed by atoms with van der Waals surface area (Å²) in [5, 5.41) is 0. The van der Waals surface area contributed by atoms with Crippen molar-refractivity contribution in [1.82, 2.24) is 9.55 Å². The van der Waals surface area contributed by atoms with Crippen LogP contribution in [0.2, 0.25) is 0 Å². The molecule has 3 unspecified atom stereocenters. The highest BCUT2D eigenvalue weighted by atomic mass is 16.5. The SMILES string of the molecule is C1=CC2c3ccccc3C3(c4ccccc4Oc4c(-c5ccc(-c6nc7ccccc7n6-c6ccccc6)cc5)cccc43)C2C=C1. The van der Waals surface area contributed by atoms with Crippen LogP contribution >= 0.6 is 0 Å². The van der Waals surface area contributed by atoms with Gasteiger partial charge < -0.3 is 4.74 Å². The summed E-state index contributed by atoms with van der Waals surface area (Å²) < 4.78 is 9.17. The van der Waals surface area contributed by atoms with Crippen LogP contribution in [0.15, 0.2) is 170 Å². The smallest absolute Gasteiger partial charge is 0.145 e. The fourth-order valence-corrected chi connectivity index (χ4v) is 8.47. The van der Waals surface area contributed by atoms with Gasteiger partial charge >= 0.3 is 0 Å². The minimum Gasteiger partial charge on any atom is -0.456 e. The molecule has 0 radical (unpaired) electrons. The van der Waals surface area contributed by atoms with Crippen LogP contribution in [0.25, 0.3) is 39.2 Å². The van der Waals surface area contributed by atoms with Crippen molar-refractivity contribution in [2.45, 2.75) is 11.3 Å². The lowest BCUT2D eigenvalue weighted by molar-refractivity contribution is 0.375. The molecule has 3 atom stereocenters. The molecular weight excluding hydrogens is 572 g/mol. The molecule has 1 aliphatic heterocycles. The van der Waals surface area contributed by atoms with E-state index < -0.39 is 0 Å². The van der Waals surface area contributed by atoms with Crippen molar-refractivity contribution in [3.63, 3.8) is 0 Å². The van der Waals surface area contributed by atoms with E-state index in [1.807, 2.05) is 12.1 Å². The molecular formula is C44H30N2O. The van der Waals surface area contributed by atoms with Crippen molar-refractivity contribution in [3.05, 3.63) is 192 Å². The first kappa shape index (κ1) is 26.3. The number of ether oxygens (including phenoxy) is 1. The molecule has 1 spiro atoms. The Bertz CT molecular complexity index is 2400. The maximum Gasteiger partial charge on any atom is 0.145 e. The molecule has 1 aromatic heterocycles. The Hall–Kier alpha value is -5.93. The average molecular weight is 603 g/mol. The van der Waals surface area contributed by atoms with Crippen LogP contribution in [0.1, 0.15) is 28.2 Å². The van der Waals surface area contributed by atoms with Gasteiger partial charge in [0.05, 0.1) is 16.4 Å². The number of nitrogens with zero attached hydrogens (tertiary/aromatic N) is 2. The molecule has 222 valence electrons. The quantitative estimate of drug-likeness (QED) is 0.201. The molecule has 3 heteroatoms. The van der Waals surface area contributed by atoms with Gasteiger partial charge in [0, 0.05) is 39.8 Å². The van der Waals surface area contributed by atoms with Crippen LogP contribution < -0.4 is 4.74 Å². The summed E-state index contributed by atoms with van der Waals surface area (Å²) in [6, 6.07) is 52.0. The molecule has 47 heavy (non-hydrogen) atoms. The summed E-state index contributed by atoms with van der Waals surface area (Å²) in [7, 11) is 0. The molecule has 7 aromatic rings. The van der Waals surface area contributed by atoms with Crippen LogP contribution in [0.3, 0.4) is 0 Å². The number of rotatable bonds is 3. The molecule has 3 nitrogen and oxygen atoms in total. The van der Waals surface area contributed by atoms with Crippen LogP contribution in [0.4, 0.5) is 0 Å². The summed E-state index contributed by atoms with van der Waals surface area (Å²) in [5.74, 6) is 3.35. The highest BCUT2D eigenvalue weighted by Gasteiger charge is 2.56. The molecule has 2 aliphatic carbocycles. The van der Waals surface area contributed by atoms with E-state index >= 15 is 0 Å². The Morgan fingerprint density at radius 3 is 2.17 bits per heavy atom. The number of benzene rings is 6. The van der Waals surface area contributed by atoms with Crippen molar-refractivity contribution in [3.8, 4) is 39.7 Å². The second-order valence-electron chi connectivity index (χ2n) is 12.7. The molecule has 3 aliphatic rings. The van der Waals surface area contributed by atoms with Crippen molar-refractivity contribution in [2.24, 2.45) is 5.92 Å². The topological polar surface area (TPSA) is 27.1 Å². The van der Waals surface area contributed by atoms with Crippen molar-refractivity contribution in [2.75, 3.05) is 0 Å². The van der Waals surface area contributed by atoms with E-state index in [0.717, 1.165) is 50.7 Å². The normalized spacial score (nSPS) is 20.0. The molecule has 2 heterocycles. The van der Waals surface area contributed by atoms with E-state index in [9.17, 15) is 0 Å². The monoisotopic (exact) mass is 602 g/mol. The maximum atomic E-state index is 6.92. The van der Waals surface area contributed by atoms with E-state index in [1.165, 1.54) is 22.3 Å². The van der Waals surface area contributed by atoms with E-state index in [1.54, 1.807) is 0 Å². The van der Waals surface area contributed by atoms with E-state index in [-0.39, 0.29) is 11.3 Å². The Labute approximate surface area is 273 Å². The lowest BCUT2D eigenvalue weighted by atomic mass is 9.61. The summed E-state index contributed by atoms with van der Waals surface area (Å²) >= 11 is 0. The summed E-state index contributed by atoms with van der Waals surface area (Å²) in [6.45, 7) is 0. The van der Waals surface area contributed by atoms with Crippen LogP contribution in [-0.2, 0) is 5.41 Å². The Morgan fingerprint density at radius 2 is 1.28 bits per heavy atom. The summed E-state index contributed by atoms with van der Waals surface area (Å²) in [5.41, 5.74) is 11.3. The summed E-state index contributed by atoms with van der Waals surface area (Å²) in [4.78, 5) is 5.09. The van der Waals surface area contributed by atoms with E-state index in [0.29, 0.717) is 5.92 Å². The number of imidazole rings is 1. The number of hydrogen-bond acceptors (Lipinski definition) is 2. The molecule has 0 saturated heterocycles. The molecule has 6 aromatic carbocycles. The van der Waals surface area contributed by atoms with Gasteiger partial charge in [-0.3, -0.25) is 4.57 Å². The Balaban J connectivity index is 1.15. The standard InChI is InChI=1S/C44H30N2O/c1-2-13-31(14-3-1)46-40-23-10-9-22-39(40)45-43(46)30-27-25-29(26-28-30)32-17-12-21-38-42(32)47-41-24-11-8-20-37(41)44(38)35-18-6-4-15-33(35)34-16-5-7-19-36(34)44/h1-28,33,35H. The third-order valence-electron chi connectivity index (χ3n) is 10.4. The highest BCUT2D eigenvalue weighted by Crippen LogP contribution is 2.65. The molecule has 0 amide bonds. The van der Waals surface area contributed by atoms with Gasteiger partial charge in [0.25, 0.3) is 0 Å². The Kier molecular flexibility index (Phi) is 5.62. The molecule has 0 fully saturated rings. The molecule has 0 bridgehead atoms. The number of hydrogen-bond donors (Lipinski definition) is 0. The van der Waals surface area contributed by atoms with Crippen LogP contribution in [0.5, 0.6) is 11.5 Å². The fourth-order valence-electron chi connectivity index (χ4n) is 8.47. The zero-order valence-corrected chi connectivity index (χ0v) is 25.6. The second kappa shape index (κ2) is 10.0. The van der Waals surface area contributed by atoms with Crippen LogP contribution in [-0.4, -0.2) is 9.55 Å². The maximum absolute atomic E-state index is 6.92. The first-order valence-electron chi connectivity index (χ1n) is 16.3. The lowest BCUT2D eigenvalue weighted by Crippen LogP contribution is -2.37. The molecule has 10 rings (SSSR count). The minimum atomic E-state index is -0.358. The average Bonchev–Trinajstić information content (AvgIpc) is 3.67. The van der Waals surface area contributed by atoms with E-state index in [4.69, 9.17) is 9.72 Å². The molecule has 0 saturated carbocycles. The number of para-hydroxylation sites is 5. The van der Waals surface area contributed by atoms with Gasteiger partial charge in [-0.25, -0.2) is 4.98 Å². The third kappa shape index (κ3) is 3.65. The first-order valence-corrected chi connectivity index (χ1v) is 16.3. The zero-order valence-electron chi connectivity index (χ0n) is 25.6. The van der Waals surface area contributed by atoms with Gasteiger partial charge in [-0.15, -0.1) is 0 Å². The van der Waals surface area contributed by atoms with Gasteiger partial charge in [0.15, 0.2) is 0 Å². The van der Waals surface area contributed by atoms with Crippen molar-refractivity contribution >= 4 is 11.0 Å². The minimum absolute atomic E-state index is 0.248. The lowest BCUT2D eigenvalue weighted by Gasteiger charge is -2.43. The van der Waals surface area contributed by atoms with Gasteiger partial charge in [0.1, 0.15) is 17.3 Å². The largest absolute Gasteiger partial charge is 0.456 e. The number of allylic oxidation sites excluding steroid dienone is 4. The zero-order chi connectivity index (χ0) is 31.0. The predicted octanol–water partition coefficient (Wildman–Crippen LogP) is 10.6. The molecule has 0 N–H and O–H groups in total. The Morgan fingerprint density at radius 1 is 0.574 bits per heavy atom. The van der Waals surface area contributed by atoms with Gasteiger partial charge in [-0.2, -0.15) is 0 Å². The highest BCUT2D eigenvalue weighted by molar-refractivity contribution is 5.85. The fraction of sp³-hybridized carbons (Fsp3) is 0.0682. The second-order valence-corrected chi connectivity index (χ2v) is 12.7. The predicted molar refractivity (Wildman–Crippen MR) is 189 cm³/mol. The summed E-state index contributed by atoms with van der Waals surface area (Å²) in [6.07, 6.45) is 9.21. The number of aromatic nitrogens is 2. The van der Waals surface area contributed by atoms with E-state index in [2.05, 4.69) is 162 Å². The van der Waals surface area contributed by atoms with Crippen molar-refractivity contribution < 1.29 is 4.74 Å². The third-order valence-corrected chi connectivity index (χ3v) is 10.4. The van der Waals surface area contributed by atoms with Crippen LogP contribution in [0, 0.1) is 5.92 Å². The number of fused-ring (bicyclic) bond motifs is 10. The van der Waals surface area contributed by atoms with Crippen molar-refractivity contribution in [1.29, 1.82) is 0 Å². The van der Waals surface area contributed by atoms with Gasteiger partial charge in [-0.05, 0) is 47.0 Å². The van der Waals surface area contributed by atoms with Gasteiger partial charge in [-0.1, -0.05) is 140 Å².